The molecule has 1 N–H and O–H groups in total. The van der Waals surface area contributed by atoms with E-state index in [1.807, 2.05) is 0 Å². The van der Waals surface area contributed by atoms with E-state index in [-0.39, 0.29) is 12.4 Å². The minimum absolute atomic E-state index is 0.204. The van der Waals surface area contributed by atoms with Gasteiger partial charge in [-0.2, -0.15) is 0 Å². The highest BCUT2D eigenvalue weighted by atomic mass is 35.5. The normalized spacial score (nSPS) is 12.8. The van der Waals surface area contributed by atoms with Crippen molar-refractivity contribution < 1.29 is 23.5 Å². The molecular weight excluding hydrogens is 361 g/mol. The Morgan fingerprint density at radius 3 is 2.46 bits per heavy atom. The lowest BCUT2D eigenvalue weighted by molar-refractivity contribution is -0.160. The van der Waals surface area contributed by atoms with Crippen molar-refractivity contribution in [2.24, 2.45) is 0 Å². The van der Waals surface area contributed by atoms with Crippen molar-refractivity contribution in [3.05, 3.63) is 64.9 Å². The summed E-state index contributed by atoms with van der Waals surface area (Å²) in [7, 11) is 0. The second-order valence-corrected chi connectivity index (χ2v) is 6.08. The highest BCUT2D eigenvalue weighted by Gasteiger charge is 2.23. The van der Waals surface area contributed by atoms with E-state index in [1.165, 1.54) is 26.0 Å². The van der Waals surface area contributed by atoms with Crippen LogP contribution < -0.4 is 10.1 Å². The predicted octanol–water partition coefficient (Wildman–Crippen LogP) is 3.49. The molecule has 26 heavy (non-hydrogen) atoms. The van der Waals surface area contributed by atoms with Gasteiger partial charge >= 0.3 is 5.97 Å². The summed E-state index contributed by atoms with van der Waals surface area (Å²) in [6, 6.07) is 12.4. The Morgan fingerprint density at radius 1 is 1.12 bits per heavy atom. The molecule has 0 aliphatic rings. The third kappa shape index (κ3) is 6.04. The highest BCUT2D eigenvalue weighted by Crippen LogP contribution is 2.18. The number of benzene rings is 2. The van der Waals surface area contributed by atoms with Gasteiger partial charge in [-0.15, -0.1) is 0 Å². The second-order valence-electron chi connectivity index (χ2n) is 5.64. The molecule has 7 heteroatoms. The van der Waals surface area contributed by atoms with Crippen LogP contribution in [0.1, 0.15) is 19.4 Å². The Labute approximate surface area is 156 Å². The predicted molar refractivity (Wildman–Crippen MR) is 95.3 cm³/mol. The Kier molecular flexibility index (Phi) is 6.97. The fraction of sp³-hybridized carbons (Fsp3) is 0.263. The summed E-state index contributed by atoms with van der Waals surface area (Å²) in [5.74, 6) is -1.06. The quantitative estimate of drug-likeness (QED) is 0.748. The number of hydrogen-bond acceptors (Lipinski definition) is 4. The van der Waals surface area contributed by atoms with E-state index in [2.05, 4.69) is 5.32 Å². The van der Waals surface area contributed by atoms with E-state index in [0.717, 1.165) is 5.56 Å². The SMILES string of the molecule is CC(OC(=O)C(C)Oc1cccc(Cl)c1)C(=O)NCc1ccc(F)cc1. The minimum atomic E-state index is -0.992. The molecule has 0 heterocycles. The van der Waals surface area contributed by atoms with Crippen LogP contribution in [0.5, 0.6) is 5.75 Å². The van der Waals surface area contributed by atoms with Gasteiger partial charge in [0.25, 0.3) is 5.91 Å². The van der Waals surface area contributed by atoms with Crippen molar-refractivity contribution in [1.82, 2.24) is 5.32 Å². The van der Waals surface area contributed by atoms with E-state index in [0.29, 0.717) is 10.8 Å². The van der Waals surface area contributed by atoms with Gasteiger partial charge in [0.2, 0.25) is 0 Å². The van der Waals surface area contributed by atoms with Crippen molar-refractivity contribution in [2.75, 3.05) is 0 Å². The lowest BCUT2D eigenvalue weighted by atomic mass is 10.2. The molecule has 0 aliphatic carbocycles. The standard InChI is InChI=1S/C19H19ClFNO4/c1-12(18(23)22-11-14-6-8-16(21)9-7-14)26-19(24)13(2)25-17-5-3-4-15(20)10-17/h3-10,12-13H,11H2,1-2H3,(H,22,23). The maximum Gasteiger partial charge on any atom is 0.347 e. The first-order chi connectivity index (χ1) is 12.3. The Balaban J connectivity index is 1.81. The number of amides is 1. The molecule has 2 unspecified atom stereocenters. The Hall–Kier alpha value is -2.60. The fourth-order valence-electron chi connectivity index (χ4n) is 2.05. The van der Waals surface area contributed by atoms with Crippen molar-refractivity contribution in [2.45, 2.75) is 32.6 Å². The van der Waals surface area contributed by atoms with Gasteiger partial charge in [-0.1, -0.05) is 29.8 Å². The number of hydrogen-bond donors (Lipinski definition) is 1. The average Bonchev–Trinajstić information content (AvgIpc) is 2.60. The molecule has 0 aromatic heterocycles. The maximum absolute atomic E-state index is 12.8. The van der Waals surface area contributed by atoms with Gasteiger partial charge in [-0.25, -0.2) is 9.18 Å². The molecule has 2 aromatic rings. The molecule has 2 atom stereocenters. The van der Waals surface area contributed by atoms with E-state index in [9.17, 15) is 14.0 Å². The zero-order valence-corrected chi connectivity index (χ0v) is 15.1. The average molecular weight is 380 g/mol. The summed E-state index contributed by atoms with van der Waals surface area (Å²) in [4.78, 5) is 24.1. The largest absolute Gasteiger partial charge is 0.479 e. The van der Waals surface area contributed by atoms with Gasteiger partial charge in [0.15, 0.2) is 12.2 Å². The van der Waals surface area contributed by atoms with E-state index in [4.69, 9.17) is 21.1 Å². The first kappa shape index (κ1) is 19.7. The van der Waals surface area contributed by atoms with Crippen LogP contribution >= 0.6 is 11.6 Å². The number of nitrogens with one attached hydrogen (secondary N) is 1. The minimum Gasteiger partial charge on any atom is -0.479 e. The second kappa shape index (κ2) is 9.20. The van der Waals surface area contributed by atoms with Gasteiger partial charge < -0.3 is 14.8 Å². The number of halogens is 2. The molecule has 0 bridgehead atoms. The number of carbonyl (C=O) groups is 2. The Morgan fingerprint density at radius 2 is 1.81 bits per heavy atom. The molecule has 0 fully saturated rings. The Bertz CT molecular complexity index is 766. The van der Waals surface area contributed by atoms with Gasteiger partial charge in [0, 0.05) is 11.6 Å². The van der Waals surface area contributed by atoms with Crippen LogP contribution in [0.4, 0.5) is 4.39 Å². The molecule has 0 saturated carbocycles. The number of ether oxygens (including phenoxy) is 2. The van der Waals surface area contributed by atoms with E-state index in [1.54, 1.807) is 36.4 Å². The number of rotatable bonds is 7. The molecule has 2 aromatic carbocycles. The summed E-state index contributed by atoms with van der Waals surface area (Å²) in [5, 5.41) is 3.11. The zero-order chi connectivity index (χ0) is 19.1. The monoisotopic (exact) mass is 379 g/mol. The first-order valence-corrected chi connectivity index (χ1v) is 8.38. The molecule has 0 saturated heterocycles. The van der Waals surface area contributed by atoms with Crippen molar-refractivity contribution in [3.8, 4) is 5.75 Å². The highest BCUT2D eigenvalue weighted by molar-refractivity contribution is 6.30. The number of esters is 1. The fourth-order valence-corrected chi connectivity index (χ4v) is 2.23. The molecule has 0 spiro atoms. The van der Waals surface area contributed by atoms with Crippen LogP contribution in [-0.2, 0) is 20.9 Å². The van der Waals surface area contributed by atoms with Crippen molar-refractivity contribution >= 4 is 23.5 Å². The summed E-state index contributed by atoms with van der Waals surface area (Å²) in [6.07, 6.45) is -1.89. The van der Waals surface area contributed by atoms with Gasteiger partial charge in [-0.05, 0) is 49.7 Å². The number of carbonyl (C=O) groups excluding carboxylic acids is 2. The van der Waals surface area contributed by atoms with Crippen LogP contribution in [0.2, 0.25) is 5.02 Å². The third-order valence-electron chi connectivity index (χ3n) is 3.48. The smallest absolute Gasteiger partial charge is 0.347 e. The molecule has 2 rings (SSSR count). The van der Waals surface area contributed by atoms with Gasteiger partial charge in [0.1, 0.15) is 11.6 Å². The lowest BCUT2D eigenvalue weighted by Crippen LogP contribution is -2.38. The summed E-state index contributed by atoms with van der Waals surface area (Å²) >= 11 is 5.86. The molecule has 138 valence electrons. The van der Waals surface area contributed by atoms with E-state index < -0.39 is 24.1 Å². The van der Waals surface area contributed by atoms with Crippen LogP contribution in [0.3, 0.4) is 0 Å². The van der Waals surface area contributed by atoms with Crippen LogP contribution in [0.25, 0.3) is 0 Å². The molecule has 0 aliphatic heterocycles. The molecule has 5 nitrogen and oxygen atoms in total. The maximum atomic E-state index is 12.8. The van der Waals surface area contributed by atoms with Crippen LogP contribution in [0.15, 0.2) is 48.5 Å². The van der Waals surface area contributed by atoms with Crippen molar-refractivity contribution in [3.63, 3.8) is 0 Å². The van der Waals surface area contributed by atoms with Crippen LogP contribution in [-0.4, -0.2) is 24.1 Å². The van der Waals surface area contributed by atoms with Gasteiger partial charge in [-0.3, -0.25) is 4.79 Å². The van der Waals surface area contributed by atoms with Crippen LogP contribution in [0, 0.1) is 5.82 Å². The molecule has 1 amide bonds. The molecular formula is C19H19ClFNO4. The molecule has 0 radical (unpaired) electrons. The van der Waals surface area contributed by atoms with Crippen molar-refractivity contribution in [1.29, 1.82) is 0 Å². The topological polar surface area (TPSA) is 64.6 Å². The lowest BCUT2D eigenvalue weighted by Gasteiger charge is -2.18. The summed E-state index contributed by atoms with van der Waals surface area (Å²) in [5.41, 5.74) is 0.732. The summed E-state index contributed by atoms with van der Waals surface area (Å²) in [6.45, 7) is 3.19. The third-order valence-corrected chi connectivity index (χ3v) is 3.72. The summed E-state index contributed by atoms with van der Waals surface area (Å²) < 4.78 is 23.4. The van der Waals surface area contributed by atoms with E-state index >= 15 is 0 Å². The zero-order valence-electron chi connectivity index (χ0n) is 14.4. The van der Waals surface area contributed by atoms with Gasteiger partial charge in [0.05, 0.1) is 0 Å². The first-order valence-electron chi connectivity index (χ1n) is 8.00.